The molecule has 0 N–H and O–H groups in total. The van der Waals surface area contributed by atoms with E-state index in [2.05, 4.69) is 6.07 Å². The van der Waals surface area contributed by atoms with E-state index in [1.54, 1.807) is 18.4 Å². The lowest BCUT2D eigenvalue weighted by Crippen LogP contribution is -1.87. The van der Waals surface area contributed by atoms with Crippen molar-refractivity contribution in [1.82, 2.24) is 4.98 Å². The molecular weight excluding hydrogens is 256 g/mol. The second-order valence-corrected chi connectivity index (χ2v) is 5.75. The van der Waals surface area contributed by atoms with Gasteiger partial charge in [0.15, 0.2) is 0 Å². The second kappa shape index (κ2) is 5.02. The van der Waals surface area contributed by atoms with Crippen molar-refractivity contribution in [1.29, 1.82) is 5.26 Å². The number of nitriles is 1. The summed E-state index contributed by atoms with van der Waals surface area (Å²) in [7, 11) is 1.66. The van der Waals surface area contributed by atoms with Crippen LogP contribution in [0.4, 0.5) is 0 Å². The first-order valence-corrected chi connectivity index (χ1v) is 7.14. The molecule has 4 heteroatoms. The van der Waals surface area contributed by atoms with E-state index in [1.165, 1.54) is 12.8 Å². The lowest BCUT2D eigenvalue weighted by atomic mass is 10.2. The first-order valence-electron chi connectivity index (χ1n) is 6.33. The molecule has 0 radical (unpaired) electrons. The van der Waals surface area contributed by atoms with Crippen molar-refractivity contribution in [2.24, 2.45) is 0 Å². The van der Waals surface area contributed by atoms with E-state index in [0.29, 0.717) is 12.3 Å². The highest BCUT2D eigenvalue weighted by molar-refractivity contribution is 7.15. The topological polar surface area (TPSA) is 45.9 Å². The van der Waals surface area contributed by atoms with Gasteiger partial charge in [-0.3, -0.25) is 0 Å². The SMILES string of the molecule is COc1cccc(-c2nc(C3CC3)c(CC#N)s2)c1. The average Bonchev–Trinajstić information content (AvgIpc) is 3.21. The van der Waals surface area contributed by atoms with Crippen LogP contribution in [-0.2, 0) is 6.42 Å². The van der Waals surface area contributed by atoms with Crippen molar-refractivity contribution in [2.75, 3.05) is 7.11 Å². The molecule has 0 atom stereocenters. The molecule has 3 rings (SSSR count). The van der Waals surface area contributed by atoms with Crippen molar-refractivity contribution in [3.05, 3.63) is 34.8 Å². The molecule has 0 aliphatic heterocycles. The number of rotatable bonds is 4. The Labute approximate surface area is 116 Å². The fraction of sp³-hybridized carbons (Fsp3) is 0.333. The van der Waals surface area contributed by atoms with E-state index in [4.69, 9.17) is 15.0 Å². The maximum absolute atomic E-state index is 8.92. The summed E-state index contributed by atoms with van der Waals surface area (Å²) in [6.07, 6.45) is 2.88. The molecule has 0 saturated heterocycles. The van der Waals surface area contributed by atoms with Crippen LogP contribution in [0, 0.1) is 11.3 Å². The number of aromatic nitrogens is 1. The van der Waals surface area contributed by atoms with Crippen molar-refractivity contribution in [2.45, 2.75) is 25.2 Å². The van der Waals surface area contributed by atoms with Gasteiger partial charge in [0, 0.05) is 16.4 Å². The molecule has 1 aliphatic carbocycles. The predicted octanol–water partition coefficient (Wildman–Crippen LogP) is 3.76. The first-order chi connectivity index (χ1) is 9.31. The van der Waals surface area contributed by atoms with Crippen LogP contribution in [0.5, 0.6) is 5.75 Å². The maximum atomic E-state index is 8.92. The van der Waals surface area contributed by atoms with Crippen LogP contribution < -0.4 is 4.74 Å². The van der Waals surface area contributed by atoms with Crippen molar-refractivity contribution in [3.63, 3.8) is 0 Å². The Hall–Kier alpha value is -1.86. The Bertz CT molecular complexity index is 638. The molecule has 1 fully saturated rings. The Kier molecular flexibility index (Phi) is 3.22. The van der Waals surface area contributed by atoms with Crippen LogP contribution in [0.25, 0.3) is 10.6 Å². The van der Waals surface area contributed by atoms with Gasteiger partial charge in [0.25, 0.3) is 0 Å². The van der Waals surface area contributed by atoms with Gasteiger partial charge in [0.2, 0.25) is 0 Å². The minimum absolute atomic E-state index is 0.466. The molecule has 96 valence electrons. The summed E-state index contributed by atoms with van der Waals surface area (Å²) in [6, 6.07) is 10.2. The van der Waals surface area contributed by atoms with Gasteiger partial charge in [0.05, 0.1) is 25.3 Å². The quantitative estimate of drug-likeness (QED) is 0.849. The van der Waals surface area contributed by atoms with E-state index < -0.39 is 0 Å². The molecule has 1 aromatic heterocycles. The molecule has 1 aromatic carbocycles. The number of methoxy groups -OCH3 is 1. The van der Waals surface area contributed by atoms with Crippen molar-refractivity contribution < 1.29 is 4.74 Å². The van der Waals surface area contributed by atoms with Crippen LogP contribution in [0.3, 0.4) is 0 Å². The third-order valence-corrected chi connectivity index (χ3v) is 4.37. The summed E-state index contributed by atoms with van der Waals surface area (Å²) in [4.78, 5) is 5.88. The monoisotopic (exact) mass is 270 g/mol. The van der Waals surface area contributed by atoms with Gasteiger partial charge in [-0.2, -0.15) is 5.26 Å². The van der Waals surface area contributed by atoms with Gasteiger partial charge >= 0.3 is 0 Å². The summed E-state index contributed by atoms with van der Waals surface area (Å²) in [5, 5.41) is 9.91. The largest absolute Gasteiger partial charge is 0.497 e. The van der Waals surface area contributed by atoms with Gasteiger partial charge in [-0.25, -0.2) is 4.98 Å². The van der Waals surface area contributed by atoms with Gasteiger partial charge in [-0.15, -0.1) is 11.3 Å². The summed E-state index contributed by atoms with van der Waals surface area (Å²) in [5.74, 6) is 1.42. The minimum Gasteiger partial charge on any atom is -0.497 e. The van der Waals surface area contributed by atoms with E-state index >= 15 is 0 Å². The summed E-state index contributed by atoms with van der Waals surface area (Å²) in [5.41, 5.74) is 2.21. The zero-order valence-electron chi connectivity index (χ0n) is 10.7. The Balaban J connectivity index is 2.00. The van der Waals surface area contributed by atoms with Crippen molar-refractivity contribution in [3.8, 4) is 22.4 Å². The summed E-state index contributed by atoms with van der Waals surface area (Å²) in [6.45, 7) is 0. The molecular formula is C15H14N2OS. The first kappa shape index (κ1) is 12.2. The zero-order chi connectivity index (χ0) is 13.2. The average molecular weight is 270 g/mol. The van der Waals surface area contributed by atoms with Crippen molar-refractivity contribution >= 4 is 11.3 Å². The Morgan fingerprint density at radius 3 is 3.00 bits per heavy atom. The summed E-state index contributed by atoms with van der Waals surface area (Å²) < 4.78 is 5.25. The van der Waals surface area contributed by atoms with Gasteiger partial charge < -0.3 is 4.74 Å². The number of thiazole rings is 1. The highest BCUT2D eigenvalue weighted by Gasteiger charge is 2.29. The fourth-order valence-corrected chi connectivity index (χ4v) is 3.19. The maximum Gasteiger partial charge on any atom is 0.124 e. The standard InChI is InChI=1S/C15H14N2OS/c1-18-12-4-2-3-11(9-12)15-17-14(10-5-6-10)13(19-15)7-8-16/h2-4,9-10H,5-7H2,1H3. The van der Waals surface area contributed by atoms with E-state index in [9.17, 15) is 0 Å². The van der Waals surface area contributed by atoms with Crippen LogP contribution in [0.15, 0.2) is 24.3 Å². The molecule has 0 spiro atoms. The molecule has 0 bridgehead atoms. The second-order valence-electron chi connectivity index (χ2n) is 4.67. The zero-order valence-corrected chi connectivity index (χ0v) is 11.5. The van der Waals surface area contributed by atoms with Crippen LogP contribution in [-0.4, -0.2) is 12.1 Å². The van der Waals surface area contributed by atoms with E-state index in [-0.39, 0.29) is 0 Å². The molecule has 3 nitrogen and oxygen atoms in total. The number of ether oxygens (including phenoxy) is 1. The third kappa shape index (κ3) is 2.47. The third-order valence-electron chi connectivity index (χ3n) is 3.25. The van der Waals surface area contributed by atoms with Crippen LogP contribution in [0.2, 0.25) is 0 Å². The van der Waals surface area contributed by atoms with E-state index in [1.807, 2.05) is 24.3 Å². The Morgan fingerprint density at radius 1 is 1.47 bits per heavy atom. The number of hydrogen-bond acceptors (Lipinski definition) is 4. The fourth-order valence-electron chi connectivity index (χ4n) is 2.12. The molecule has 0 unspecified atom stereocenters. The number of benzene rings is 1. The van der Waals surface area contributed by atoms with Crippen LogP contribution >= 0.6 is 11.3 Å². The Morgan fingerprint density at radius 2 is 2.32 bits per heavy atom. The summed E-state index contributed by atoms with van der Waals surface area (Å²) >= 11 is 1.64. The predicted molar refractivity (Wildman–Crippen MR) is 75.4 cm³/mol. The van der Waals surface area contributed by atoms with Gasteiger partial charge in [-0.1, -0.05) is 12.1 Å². The number of hydrogen-bond donors (Lipinski definition) is 0. The normalized spacial score (nSPS) is 14.1. The molecule has 1 saturated carbocycles. The number of nitrogens with zero attached hydrogens (tertiary/aromatic N) is 2. The van der Waals surface area contributed by atoms with Gasteiger partial charge in [-0.05, 0) is 25.0 Å². The molecule has 2 aromatic rings. The lowest BCUT2D eigenvalue weighted by molar-refractivity contribution is 0.415. The van der Waals surface area contributed by atoms with Crippen LogP contribution in [0.1, 0.15) is 29.3 Å². The molecule has 0 amide bonds. The highest BCUT2D eigenvalue weighted by atomic mass is 32.1. The lowest BCUT2D eigenvalue weighted by Gasteiger charge is -2.01. The molecule has 19 heavy (non-hydrogen) atoms. The highest BCUT2D eigenvalue weighted by Crippen LogP contribution is 2.44. The molecule has 1 heterocycles. The molecule has 1 aliphatic rings. The van der Waals surface area contributed by atoms with E-state index in [0.717, 1.165) is 26.9 Å². The minimum atomic E-state index is 0.466. The van der Waals surface area contributed by atoms with Gasteiger partial charge in [0.1, 0.15) is 10.8 Å². The smallest absolute Gasteiger partial charge is 0.124 e.